The Bertz CT molecular complexity index is 1190. The van der Waals surface area contributed by atoms with Crippen molar-refractivity contribution in [1.29, 1.82) is 0 Å². The number of carbonyl (C=O) groups excluding carboxylic acids is 1. The number of piperazine rings is 1. The fraction of sp³-hybridized carbons (Fsp3) is 0.304. The molecule has 1 aliphatic heterocycles. The van der Waals surface area contributed by atoms with Crippen LogP contribution < -0.4 is 10.2 Å². The molecule has 2 aromatic carbocycles. The van der Waals surface area contributed by atoms with E-state index in [0.717, 1.165) is 49.1 Å². The van der Waals surface area contributed by atoms with Gasteiger partial charge in [-0.15, -0.1) is 0 Å². The molecule has 1 fully saturated rings. The van der Waals surface area contributed by atoms with E-state index in [1.165, 1.54) is 12.1 Å². The van der Waals surface area contributed by atoms with E-state index in [0.29, 0.717) is 6.42 Å². The molecule has 0 unspecified atom stereocenters. The Morgan fingerprint density at radius 3 is 2.65 bits per heavy atom. The van der Waals surface area contributed by atoms with Crippen molar-refractivity contribution in [2.45, 2.75) is 19.0 Å². The predicted molar refractivity (Wildman–Crippen MR) is 112 cm³/mol. The highest BCUT2D eigenvalue weighted by molar-refractivity contribution is 6.25. The number of benzene rings is 2. The first kappa shape index (κ1) is 19.8. The number of rotatable bonds is 2. The molecule has 31 heavy (non-hydrogen) atoms. The van der Waals surface area contributed by atoms with E-state index in [2.05, 4.69) is 21.3 Å². The second-order valence-electron chi connectivity index (χ2n) is 7.77. The molecule has 1 N–H and O–H groups in total. The van der Waals surface area contributed by atoms with Gasteiger partial charge in [0.25, 0.3) is 0 Å². The number of fused-ring (bicyclic) bond motifs is 2. The normalized spacial score (nSPS) is 17.5. The smallest absolute Gasteiger partial charge is 0.420 e. The van der Waals surface area contributed by atoms with Gasteiger partial charge in [0.1, 0.15) is 11.1 Å². The van der Waals surface area contributed by atoms with Gasteiger partial charge in [0.05, 0.1) is 5.57 Å². The van der Waals surface area contributed by atoms with Crippen molar-refractivity contribution in [3.05, 3.63) is 59.0 Å². The first-order valence-electron chi connectivity index (χ1n) is 10.2. The number of Topliss-reactive ketones (excluding diaryl/α,β-unsaturated/α-hetero) is 1. The molecule has 1 aliphatic carbocycles. The molecule has 0 saturated carbocycles. The number of halogens is 3. The van der Waals surface area contributed by atoms with Crippen LogP contribution in [-0.4, -0.2) is 36.9 Å². The Hall–Kier alpha value is -3.13. The Morgan fingerprint density at radius 1 is 1.06 bits per heavy atom. The number of ketones is 1. The van der Waals surface area contributed by atoms with E-state index in [4.69, 9.17) is 4.42 Å². The van der Waals surface area contributed by atoms with E-state index in [-0.39, 0.29) is 34.8 Å². The zero-order valence-corrected chi connectivity index (χ0v) is 16.6. The molecule has 0 spiro atoms. The number of hydrogen-bond acceptors (Lipinski definition) is 5. The number of aromatic nitrogens is 1. The van der Waals surface area contributed by atoms with Gasteiger partial charge in [-0.1, -0.05) is 12.1 Å². The number of allylic oxidation sites excluding steroid dienone is 1. The number of nitrogens with one attached hydrogen (secondary N) is 1. The quantitative estimate of drug-likeness (QED) is 0.661. The van der Waals surface area contributed by atoms with Crippen LogP contribution in [-0.2, 0) is 17.4 Å². The molecule has 8 heteroatoms. The van der Waals surface area contributed by atoms with Crippen molar-refractivity contribution in [1.82, 2.24) is 10.3 Å². The third-order valence-corrected chi connectivity index (χ3v) is 5.78. The summed E-state index contributed by atoms with van der Waals surface area (Å²) in [5.41, 5.74) is 2.05. The van der Waals surface area contributed by atoms with E-state index < -0.39 is 11.7 Å². The standard InChI is InChI=1S/C23H20F3N3O2/c24-23(25,26)18-2-1-3-19-21(18)31-22(28-19)17-13-15-4-6-16(29-10-8-27-9-11-29)12-14(15)5-7-20(17)30/h1-4,6,12-13,27H,5,7-11H2. The summed E-state index contributed by atoms with van der Waals surface area (Å²) >= 11 is 0. The minimum absolute atomic E-state index is 0.0734. The summed E-state index contributed by atoms with van der Waals surface area (Å²) in [6.07, 6.45) is -2.08. The average Bonchev–Trinajstić information content (AvgIpc) is 3.12. The van der Waals surface area contributed by atoms with Gasteiger partial charge < -0.3 is 14.6 Å². The minimum Gasteiger partial charge on any atom is -0.435 e. The summed E-state index contributed by atoms with van der Waals surface area (Å²) in [6.45, 7) is 3.70. The Kier molecular flexibility index (Phi) is 4.81. The van der Waals surface area contributed by atoms with Crippen LogP contribution in [0.15, 0.2) is 40.8 Å². The van der Waals surface area contributed by atoms with Crippen LogP contribution in [0.1, 0.15) is 29.0 Å². The largest absolute Gasteiger partial charge is 0.435 e. The zero-order chi connectivity index (χ0) is 21.6. The molecule has 0 radical (unpaired) electrons. The number of anilines is 1. The molecule has 5 rings (SSSR count). The summed E-state index contributed by atoms with van der Waals surface area (Å²) in [4.78, 5) is 19.3. The predicted octanol–water partition coefficient (Wildman–Crippen LogP) is 4.31. The van der Waals surface area contributed by atoms with Crippen molar-refractivity contribution in [2.24, 2.45) is 0 Å². The minimum atomic E-state index is -4.56. The highest BCUT2D eigenvalue weighted by Gasteiger charge is 2.35. The molecule has 0 bridgehead atoms. The molecule has 0 amide bonds. The van der Waals surface area contributed by atoms with E-state index in [1.807, 2.05) is 12.1 Å². The highest BCUT2D eigenvalue weighted by atomic mass is 19.4. The molecule has 1 saturated heterocycles. The summed E-state index contributed by atoms with van der Waals surface area (Å²) in [6, 6.07) is 9.76. The number of nitrogens with zero attached hydrogens (tertiary/aromatic N) is 2. The SMILES string of the molecule is O=C1CCc2cc(N3CCNCC3)ccc2C=C1c1nc2cccc(C(F)(F)F)c2o1. The topological polar surface area (TPSA) is 58.4 Å². The average molecular weight is 427 g/mol. The second-order valence-corrected chi connectivity index (χ2v) is 7.77. The molecular formula is C23H20F3N3O2. The lowest BCUT2D eigenvalue weighted by atomic mass is 10.0. The molecular weight excluding hydrogens is 407 g/mol. The van der Waals surface area contributed by atoms with Crippen molar-refractivity contribution < 1.29 is 22.4 Å². The van der Waals surface area contributed by atoms with Gasteiger partial charge in [-0.3, -0.25) is 4.79 Å². The van der Waals surface area contributed by atoms with Gasteiger partial charge >= 0.3 is 6.18 Å². The lowest BCUT2D eigenvalue weighted by molar-refractivity contribution is -0.136. The van der Waals surface area contributed by atoms with Crippen molar-refractivity contribution in [2.75, 3.05) is 31.1 Å². The van der Waals surface area contributed by atoms with Crippen LogP contribution >= 0.6 is 0 Å². The Labute approximate surface area is 176 Å². The molecule has 2 heterocycles. The number of carbonyl (C=O) groups is 1. The zero-order valence-electron chi connectivity index (χ0n) is 16.6. The third kappa shape index (κ3) is 3.72. The first-order valence-corrected chi connectivity index (χ1v) is 10.2. The van der Waals surface area contributed by atoms with Gasteiger partial charge in [0.15, 0.2) is 11.4 Å². The number of oxazole rings is 1. The molecule has 3 aromatic rings. The number of hydrogen-bond donors (Lipinski definition) is 1. The van der Waals surface area contributed by atoms with Gasteiger partial charge in [0, 0.05) is 38.3 Å². The van der Waals surface area contributed by atoms with E-state index >= 15 is 0 Å². The van der Waals surface area contributed by atoms with Crippen LogP contribution in [0.4, 0.5) is 18.9 Å². The van der Waals surface area contributed by atoms with Crippen LogP contribution in [0.25, 0.3) is 22.7 Å². The fourth-order valence-corrected chi connectivity index (χ4v) is 4.16. The summed E-state index contributed by atoms with van der Waals surface area (Å²) < 4.78 is 45.5. The van der Waals surface area contributed by atoms with Crippen molar-refractivity contribution >= 4 is 34.2 Å². The molecule has 5 nitrogen and oxygen atoms in total. The van der Waals surface area contributed by atoms with E-state index in [9.17, 15) is 18.0 Å². The lowest BCUT2D eigenvalue weighted by Gasteiger charge is -2.30. The summed E-state index contributed by atoms with van der Waals surface area (Å²) in [7, 11) is 0. The lowest BCUT2D eigenvalue weighted by Crippen LogP contribution is -2.43. The van der Waals surface area contributed by atoms with Crippen LogP contribution in [0.2, 0.25) is 0 Å². The van der Waals surface area contributed by atoms with Gasteiger partial charge in [-0.2, -0.15) is 13.2 Å². The fourth-order valence-electron chi connectivity index (χ4n) is 4.16. The van der Waals surface area contributed by atoms with Crippen molar-refractivity contribution in [3.8, 4) is 0 Å². The van der Waals surface area contributed by atoms with E-state index in [1.54, 1.807) is 6.08 Å². The molecule has 2 aliphatic rings. The Morgan fingerprint density at radius 2 is 1.87 bits per heavy atom. The summed E-state index contributed by atoms with van der Waals surface area (Å²) in [5.74, 6) is -0.268. The van der Waals surface area contributed by atoms with Gasteiger partial charge in [-0.25, -0.2) is 4.98 Å². The molecule has 160 valence electrons. The van der Waals surface area contributed by atoms with Gasteiger partial charge in [0.2, 0.25) is 5.89 Å². The number of para-hydroxylation sites is 1. The maximum absolute atomic E-state index is 13.3. The van der Waals surface area contributed by atoms with Crippen LogP contribution in [0, 0.1) is 0 Å². The first-order chi connectivity index (χ1) is 14.9. The van der Waals surface area contributed by atoms with Crippen molar-refractivity contribution in [3.63, 3.8) is 0 Å². The third-order valence-electron chi connectivity index (χ3n) is 5.78. The number of alkyl halides is 3. The van der Waals surface area contributed by atoms with Crippen LogP contribution in [0.3, 0.4) is 0 Å². The second kappa shape index (κ2) is 7.53. The van der Waals surface area contributed by atoms with Gasteiger partial charge in [-0.05, 0) is 47.9 Å². The van der Waals surface area contributed by atoms with Crippen LogP contribution in [0.5, 0.6) is 0 Å². The maximum atomic E-state index is 13.3. The Balaban J connectivity index is 1.55. The number of aryl methyl sites for hydroxylation is 1. The maximum Gasteiger partial charge on any atom is 0.420 e. The molecule has 1 aromatic heterocycles. The monoisotopic (exact) mass is 427 g/mol. The highest BCUT2D eigenvalue weighted by Crippen LogP contribution is 2.37. The summed E-state index contributed by atoms with van der Waals surface area (Å²) in [5, 5.41) is 3.33. The molecule has 0 atom stereocenters.